The van der Waals surface area contributed by atoms with Crippen LogP contribution in [0.15, 0.2) is 42.7 Å². The molecule has 1 aliphatic heterocycles. The van der Waals surface area contributed by atoms with Crippen LogP contribution in [0.2, 0.25) is 0 Å². The molecule has 7 heteroatoms. The molecule has 27 heavy (non-hydrogen) atoms. The Bertz CT molecular complexity index is 963. The van der Waals surface area contributed by atoms with Crippen LogP contribution in [0.5, 0.6) is 0 Å². The van der Waals surface area contributed by atoms with Crippen molar-refractivity contribution in [3.05, 3.63) is 64.8 Å². The Morgan fingerprint density at radius 2 is 2.11 bits per heavy atom. The largest absolute Gasteiger partial charge is 0.336 e. The topological polar surface area (TPSA) is 50.2 Å². The number of hydrogen-bond donors (Lipinski definition) is 1. The van der Waals surface area contributed by atoms with Gasteiger partial charge in [0.1, 0.15) is 17.7 Å². The van der Waals surface area contributed by atoms with Crippen LogP contribution >= 0.6 is 11.3 Å². The molecule has 2 aromatic heterocycles. The summed E-state index contributed by atoms with van der Waals surface area (Å²) in [6, 6.07) is 8.24. The van der Waals surface area contributed by atoms with Gasteiger partial charge in [0, 0.05) is 44.0 Å². The van der Waals surface area contributed by atoms with Gasteiger partial charge in [0.2, 0.25) is 0 Å². The summed E-state index contributed by atoms with van der Waals surface area (Å²) in [6.07, 6.45) is 3.66. The molecular weight excluding hydrogens is 363 g/mol. The Balaban J connectivity index is 1.64. The van der Waals surface area contributed by atoms with Crippen LogP contribution in [-0.2, 0) is 7.05 Å². The van der Waals surface area contributed by atoms with E-state index >= 15 is 0 Å². The second-order valence-corrected chi connectivity index (χ2v) is 7.80. The summed E-state index contributed by atoms with van der Waals surface area (Å²) in [5.74, 6) is 0.636. The van der Waals surface area contributed by atoms with Gasteiger partial charge in [-0.3, -0.25) is 4.79 Å². The van der Waals surface area contributed by atoms with Gasteiger partial charge < -0.3 is 14.8 Å². The van der Waals surface area contributed by atoms with Crippen molar-refractivity contribution in [3.8, 4) is 10.4 Å². The van der Waals surface area contributed by atoms with Crippen molar-refractivity contribution in [1.82, 2.24) is 19.8 Å². The molecule has 1 aromatic carbocycles. The summed E-state index contributed by atoms with van der Waals surface area (Å²) >= 11 is 1.46. The number of carbonyl (C=O) groups excluding carboxylic acids is 1. The summed E-state index contributed by atoms with van der Waals surface area (Å²) < 4.78 is 15.2. The first-order chi connectivity index (χ1) is 13.0. The van der Waals surface area contributed by atoms with E-state index in [9.17, 15) is 9.18 Å². The van der Waals surface area contributed by atoms with Crippen molar-refractivity contribution in [2.24, 2.45) is 7.05 Å². The van der Waals surface area contributed by atoms with E-state index in [4.69, 9.17) is 0 Å². The molecule has 0 radical (unpaired) electrons. The number of benzene rings is 1. The van der Waals surface area contributed by atoms with Crippen LogP contribution in [0, 0.1) is 12.7 Å². The van der Waals surface area contributed by atoms with Crippen LogP contribution in [0.3, 0.4) is 0 Å². The number of imidazole rings is 1. The lowest BCUT2D eigenvalue weighted by atomic mass is 10.1. The van der Waals surface area contributed by atoms with E-state index in [2.05, 4.69) is 10.3 Å². The summed E-state index contributed by atoms with van der Waals surface area (Å²) in [5, 5.41) is 3.36. The second-order valence-electron chi connectivity index (χ2n) is 6.74. The quantitative estimate of drug-likeness (QED) is 0.753. The van der Waals surface area contributed by atoms with E-state index in [1.807, 2.05) is 35.7 Å². The maximum atomic E-state index is 13.3. The maximum absolute atomic E-state index is 13.3. The second kappa shape index (κ2) is 7.25. The molecule has 1 amide bonds. The summed E-state index contributed by atoms with van der Waals surface area (Å²) in [5.41, 5.74) is 1.96. The average Bonchev–Trinajstić information content (AvgIpc) is 3.27. The maximum Gasteiger partial charge on any atom is 0.264 e. The van der Waals surface area contributed by atoms with E-state index in [0.29, 0.717) is 18.0 Å². The van der Waals surface area contributed by atoms with Crippen molar-refractivity contribution < 1.29 is 9.18 Å². The van der Waals surface area contributed by atoms with Gasteiger partial charge in [-0.05, 0) is 36.2 Å². The third-order valence-corrected chi connectivity index (χ3v) is 6.17. The number of thiophene rings is 1. The normalized spacial score (nSPS) is 17.3. The fraction of sp³-hybridized carbons (Fsp3) is 0.300. The van der Waals surface area contributed by atoms with Crippen molar-refractivity contribution in [2.45, 2.75) is 13.0 Å². The van der Waals surface area contributed by atoms with Crippen LogP contribution in [-0.4, -0.2) is 40.0 Å². The van der Waals surface area contributed by atoms with E-state index in [1.54, 1.807) is 18.3 Å². The predicted octanol–water partition coefficient (Wildman–Crippen LogP) is 3.38. The van der Waals surface area contributed by atoms with Gasteiger partial charge in [-0.25, -0.2) is 9.37 Å². The summed E-state index contributed by atoms with van der Waals surface area (Å²) in [4.78, 5) is 21.3. The van der Waals surface area contributed by atoms with Gasteiger partial charge in [0.25, 0.3) is 5.91 Å². The predicted molar refractivity (Wildman–Crippen MR) is 104 cm³/mol. The number of piperazine rings is 1. The van der Waals surface area contributed by atoms with E-state index < -0.39 is 0 Å². The molecule has 5 nitrogen and oxygen atoms in total. The van der Waals surface area contributed by atoms with Crippen molar-refractivity contribution in [1.29, 1.82) is 0 Å². The number of halogens is 1. The molecule has 0 spiro atoms. The van der Waals surface area contributed by atoms with Gasteiger partial charge in [0.05, 0.1) is 4.88 Å². The summed E-state index contributed by atoms with van der Waals surface area (Å²) in [7, 11) is 1.95. The molecule has 1 fully saturated rings. The average molecular weight is 384 g/mol. The third kappa shape index (κ3) is 3.40. The lowest BCUT2D eigenvalue weighted by Crippen LogP contribution is -2.49. The minimum atomic E-state index is -0.261. The SMILES string of the molecule is Cc1cc(C(=O)N2CCNCC2c2nccn2C)sc1-c1ccc(F)cc1. The van der Waals surface area contributed by atoms with Gasteiger partial charge in [-0.1, -0.05) is 12.1 Å². The van der Waals surface area contributed by atoms with Crippen LogP contribution in [0.4, 0.5) is 4.39 Å². The van der Waals surface area contributed by atoms with Crippen molar-refractivity contribution in [3.63, 3.8) is 0 Å². The minimum Gasteiger partial charge on any atom is -0.336 e. The number of nitrogens with one attached hydrogen (secondary N) is 1. The van der Waals surface area contributed by atoms with Gasteiger partial charge >= 0.3 is 0 Å². The molecule has 1 saturated heterocycles. The molecule has 1 unspecified atom stereocenters. The molecule has 3 aromatic rings. The standard InChI is InChI=1S/C20H21FN4OS/c1-13-11-17(27-18(13)14-3-5-15(21)6-4-14)20(26)25-10-7-22-12-16(25)19-23-8-9-24(19)2/h3-6,8-9,11,16,22H,7,10,12H2,1-2H3. The van der Waals surface area contributed by atoms with E-state index in [-0.39, 0.29) is 17.8 Å². The van der Waals surface area contributed by atoms with Gasteiger partial charge in [0.15, 0.2) is 0 Å². The smallest absolute Gasteiger partial charge is 0.264 e. The molecular formula is C20H21FN4OS. The first-order valence-corrected chi connectivity index (χ1v) is 9.71. The molecule has 0 aliphatic carbocycles. The van der Waals surface area contributed by atoms with Crippen LogP contribution in [0.1, 0.15) is 27.1 Å². The highest BCUT2D eigenvalue weighted by atomic mass is 32.1. The fourth-order valence-electron chi connectivity index (χ4n) is 3.49. The zero-order valence-corrected chi connectivity index (χ0v) is 16.1. The van der Waals surface area contributed by atoms with Crippen LogP contribution in [0.25, 0.3) is 10.4 Å². The number of rotatable bonds is 3. The number of hydrogen-bond acceptors (Lipinski definition) is 4. The first kappa shape index (κ1) is 17.9. The first-order valence-electron chi connectivity index (χ1n) is 8.90. The lowest BCUT2D eigenvalue weighted by molar-refractivity contribution is 0.0626. The Morgan fingerprint density at radius 3 is 2.81 bits per heavy atom. The molecule has 0 bridgehead atoms. The van der Waals surface area contributed by atoms with Crippen molar-refractivity contribution >= 4 is 17.2 Å². The monoisotopic (exact) mass is 384 g/mol. The lowest BCUT2D eigenvalue weighted by Gasteiger charge is -2.35. The zero-order chi connectivity index (χ0) is 19.0. The number of aryl methyl sites for hydroxylation is 2. The number of nitrogens with zero attached hydrogens (tertiary/aromatic N) is 3. The highest BCUT2D eigenvalue weighted by Gasteiger charge is 2.32. The summed E-state index contributed by atoms with van der Waals surface area (Å²) in [6.45, 7) is 4.08. The molecule has 1 N–H and O–H groups in total. The van der Waals surface area contributed by atoms with Crippen LogP contribution < -0.4 is 5.32 Å². The molecule has 4 rings (SSSR count). The zero-order valence-electron chi connectivity index (χ0n) is 15.3. The highest BCUT2D eigenvalue weighted by Crippen LogP contribution is 2.34. The molecule has 3 heterocycles. The molecule has 0 saturated carbocycles. The Morgan fingerprint density at radius 1 is 1.33 bits per heavy atom. The fourth-order valence-corrected chi connectivity index (χ4v) is 4.63. The third-order valence-electron chi connectivity index (χ3n) is 4.90. The van der Waals surface area contributed by atoms with Gasteiger partial charge in [-0.15, -0.1) is 11.3 Å². The van der Waals surface area contributed by atoms with E-state index in [1.165, 1.54) is 23.5 Å². The van der Waals surface area contributed by atoms with E-state index in [0.717, 1.165) is 28.4 Å². The minimum absolute atomic E-state index is 0.0194. The highest BCUT2D eigenvalue weighted by molar-refractivity contribution is 7.17. The number of amides is 1. The Labute approximate surface area is 161 Å². The Kier molecular flexibility index (Phi) is 4.80. The molecule has 1 aliphatic rings. The van der Waals surface area contributed by atoms with Gasteiger partial charge in [-0.2, -0.15) is 0 Å². The van der Waals surface area contributed by atoms with Crippen molar-refractivity contribution in [2.75, 3.05) is 19.6 Å². The molecule has 140 valence electrons. The number of aromatic nitrogens is 2. The Hall–Kier alpha value is -2.51. The number of carbonyl (C=O) groups is 1. The molecule has 1 atom stereocenters.